The van der Waals surface area contributed by atoms with Crippen LogP contribution in [0.2, 0.25) is 0 Å². The van der Waals surface area contributed by atoms with Crippen molar-refractivity contribution in [3.63, 3.8) is 0 Å². The summed E-state index contributed by atoms with van der Waals surface area (Å²) in [4.78, 5) is 19.0. The highest BCUT2D eigenvalue weighted by atomic mass is 19.1. The molecule has 1 saturated heterocycles. The third-order valence-corrected chi connectivity index (χ3v) is 5.75. The number of halogens is 1. The molecule has 0 bridgehead atoms. The van der Waals surface area contributed by atoms with E-state index in [1.807, 2.05) is 25.7 Å². The lowest BCUT2D eigenvalue weighted by molar-refractivity contribution is 0.109. The molecule has 9 heteroatoms. The van der Waals surface area contributed by atoms with Gasteiger partial charge in [-0.15, -0.1) is 0 Å². The van der Waals surface area contributed by atoms with Crippen LogP contribution in [-0.2, 0) is 0 Å². The number of aliphatic hydroxyl groups excluding tert-OH is 1. The number of hydrogen-bond donors (Lipinski definition) is 3. The van der Waals surface area contributed by atoms with E-state index in [-0.39, 0.29) is 17.8 Å². The number of benzene rings is 1. The smallest absolute Gasteiger partial charge is 0.459 e. The molecular formula is C23H27FN5O3+. The monoisotopic (exact) mass is 440 g/mol. The first-order chi connectivity index (χ1) is 15.3. The van der Waals surface area contributed by atoms with Crippen molar-refractivity contribution in [1.29, 1.82) is 0 Å². The maximum absolute atomic E-state index is 13.7. The van der Waals surface area contributed by atoms with Gasteiger partial charge in [0, 0.05) is 23.8 Å². The van der Waals surface area contributed by atoms with E-state index in [2.05, 4.69) is 26.2 Å². The van der Waals surface area contributed by atoms with Gasteiger partial charge in [0.15, 0.2) is 11.6 Å². The SMILES string of the molecule is Cc1c([C@@H](NC(=O)NC2=C=[N+]=C(N3CCC(O)CC3)N=C2)C(C)C)oc2ccc(F)cc12. The predicted octanol–water partition coefficient (Wildman–Crippen LogP) is 2.39. The van der Waals surface area contributed by atoms with E-state index in [4.69, 9.17) is 4.42 Å². The summed E-state index contributed by atoms with van der Waals surface area (Å²) in [5.74, 6) is 3.62. The van der Waals surface area contributed by atoms with Gasteiger partial charge in [-0.05, 0) is 31.0 Å². The molecule has 3 heterocycles. The average Bonchev–Trinajstić information content (AvgIpc) is 3.08. The number of furan rings is 1. The van der Waals surface area contributed by atoms with Gasteiger partial charge < -0.3 is 14.8 Å². The van der Waals surface area contributed by atoms with Crippen LogP contribution in [0, 0.1) is 18.7 Å². The summed E-state index contributed by atoms with van der Waals surface area (Å²) in [7, 11) is 0. The standard InChI is InChI=1S/C23H26FN5O3/c1-13(2)20(21-14(3)18-10-15(24)4-5-19(18)32-21)28-23(31)27-16-11-25-22(26-12-16)29-8-6-17(30)7-9-29/h4-5,10-11,13,17,20,30H,6-9H2,1-3H3,(H-,27,28,31)/p+1/t20-/m0/s1. The number of hydrogen-bond acceptors (Lipinski definition) is 5. The van der Waals surface area contributed by atoms with Crippen LogP contribution >= 0.6 is 0 Å². The van der Waals surface area contributed by atoms with Gasteiger partial charge >= 0.3 is 12.0 Å². The molecule has 4 rings (SSSR count). The number of fused-ring (bicyclic) bond motifs is 1. The number of guanidine groups is 1. The van der Waals surface area contributed by atoms with E-state index in [9.17, 15) is 14.3 Å². The Morgan fingerprint density at radius 1 is 1.38 bits per heavy atom. The molecule has 2 aromatic rings. The lowest BCUT2D eigenvalue weighted by Crippen LogP contribution is -2.42. The minimum Gasteiger partial charge on any atom is -0.459 e. The van der Waals surface area contributed by atoms with Crippen LogP contribution < -0.4 is 15.3 Å². The molecule has 8 nitrogen and oxygen atoms in total. The fraction of sp³-hybridized carbons (Fsp3) is 0.435. The van der Waals surface area contributed by atoms with Crippen LogP contribution in [0.25, 0.3) is 11.0 Å². The number of carbonyl (C=O) groups is 1. The van der Waals surface area contributed by atoms with Gasteiger partial charge in [0.25, 0.3) is 0 Å². The van der Waals surface area contributed by atoms with E-state index in [1.165, 1.54) is 18.3 Å². The van der Waals surface area contributed by atoms with Crippen molar-refractivity contribution < 1.29 is 18.7 Å². The summed E-state index contributed by atoms with van der Waals surface area (Å²) in [6.07, 6.45) is 2.59. The van der Waals surface area contributed by atoms with Gasteiger partial charge in [0.1, 0.15) is 23.4 Å². The zero-order valence-corrected chi connectivity index (χ0v) is 18.4. The topological polar surface area (TPSA) is 104 Å². The molecule has 0 spiro atoms. The summed E-state index contributed by atoms with van der Waals surface area (Å²) >= 11 is 0. The zero-order valence-electron chi connectivity index (χ0n) is 18.4. The molecule has 1 aromatic heterocycles. The molecule has 1 atom stereocenters. The predicted molar refractivity (Wildman–Crippen MR) is 121 cm³/mol. The molecule has 0 unspecified atom stereocenters. The highest BCUT2D eigenvalue weighted by molar-refractivity contribution is 6.04. The van der Waals surface area contributed by atoms with Crippen molar-refractivity contribution >= 4 is 35.0 Å². The highest BCUT2D eigenvalue weighted by Crippen LogP contribution is 2.33. The minimum absolute atomic E-state index is 0.0296. The lowest BCUT2D eigenvalue weighted by atomic mass is 9.98. The number of rotatable bonds is 4. The molecule has 2 amide bonds. The number of aliphatic imine (C=N–C) groups is 1. The van der Waals surface area contributed by atoms with Gasteiger partial charge in [0.05, 0.1) is 25.2 Å². The molecule has 2 aliphatic heterocycles. The van der Waals surface area contributed by atoms with Crippen LogP contribution in [0.5, 0.6) is 0 Å². The van der Waals surface area contributed by atoms with Gasteiger partial charge in [-0.1, -0.05) is 18.8 Å². The molecule has 1 aromatic carbocycles. The fourth-order valence-corrected chi connectivity index (χ4v) is 3.91. The van der Waals surface area contributed by atoms with Crippen LogP contribution in [0.4, 0.5) is 9.18 Å². The van der Waals surface area contributed by atoms with Crippen molar-refractivity contribution in [3.05, 3.63) is 41.0 Å². The van der Waals surface area contributed by atoms with Gasteiger partial charge in [-0.25, -0.2) is 14.1 Å². The first-order valence-corrected chi connectivity index (χ1v) is 10.8. The Kier molecular flexibility index (Phi) is 6.15. The minimum atomic E-state index is -0.441. The second-order valence-electron chi connectivity index (χ2n) is 8.47. The van der Waals surface area contributed by atoms with Crippen molar-refractivity contribution in [2.75, 3.05) is 13.1 Å². The third kappa shape index (κ3) is 4.60. The second-order valence-corrected chi connectivity index (χ2v) is 8.47. The summed E-state index contributed by atoms with van der Waals surface area (Å²) < 4.78 is 23.8. The average molecular weight is 440 g/mol. The van der Waals surface area contributed by atoms with E-state index < -0.39 is 12.1 Å². The number of aryl methyl sites for hydroxylation is 1. The van der Waals surface area contributed by atoms with Crippen LogP contribution in [0.15, 0.2) is 33.3 Å². The quantitative estimate of drug-likeness (QED) is 0.635. The summed E-state index contributed by atoms with van der Waals surface area (Å²) in [6, 6.07) is 3.53. The first kappa shape index (κ1) is 21.8. The van der Waals surface area contributed by atoms with Crippen molar-refractivity contribution in [3.8, 4) is 0 Å². The maximum Gasteiger partial charge on any atom is 0.491 e. The van der Waals surface area contributed by atoms with E-state index in [0.29, 0.717) is 54.3 Å². The van der Waals surface area contributed by atoms with Crippen LogP contribution in [-0.4, -0.2) is 53.3 Å². The third-order valence-electron chi connectivity index (χ3n) is 5.75. The molecule has 0 radical (unpaired) electrons. The number of aliphatic hydroxyl groups is 1. The number of amides is 2. The van der Waals surface area contributed by atoms with Gasteiger partial charge in [-0.2, -0.15) is 4.67 Å². The normalized spacial score (nSPS) is 17.5. The van der Waals surface area contributed by atoms with E-state index in [0.717, 1.165) is 5.56 Å². The highest BCUT2D eigenvalue weighted by Gasteiger charge is 2.29. The Hall–Kier alpha value is -3.38. The number of piperidine rings is 1. The van der Waals surface area contributed by atoms with Crippen LogP contribution in [0.3, 0.4) is 0 Å². The molecule has 0 aliphatic carbocycles. The molecule has 168 valence electrons. The number of likely N-dealkylation sites (tertiary alicyclic amines) is 1. The number of nitrogens with one attached hydrogen (secondary N) is 2. The largest absolute Gasteiger partial charge is 0.491 e. The Morgan fingerprint density at radius 2 is 2.12 bits per heavy atom. The zero-order chi connectivity index (χ0) is 22.8. The second kappa shape index (κ2) is 9.01. The van der Waals surface area contributed by atoms with Crippen molar-refractivity contribution in [2.24, 2.45) is 10.9 Å². The van der Waals surface area contributed by atoms with E-state index in [1.54, 1.807) is 6.07 Å². The Balaban J connectivity index is 1.48. The number of nitrogens with zero attached hydrogens (tertiary/aromatic N) is 3. The molecule has 2 aliphatic rings. The van der Waals surface area contributed by atoms with Crippen molar-refractivity contribution in [1.82, 2.24) is 20.2 Å². The summed E-state index contributed by atoms with van der Waals surface area (Å²) in [5.41, 5.74) is 1.72. The van der Waals surface area contributed by atoms with Gasteiger partial charge in [-0.3, -0.25) is 5.32 Å². The van der Waals surface area contributed by atoms with E-state index >= 15 is 0 Å². The Labute approximate surface area is 185 Å². The Bertz CT molecular complexity index is 1160. The lowest BCUT2D eigenvalue weighted by Gasteiger charge is -2.23. The molecule has 0 saturated carbocycles. The summed E-state index contributed by atoms with van der Waals surface area (Å²) in [6.45, 7) is 7.16. The molecule has 1 fully saturated rings. The van der Waals surface area contributed by atoms with Crippen LogP contribution in [0.1, 0.15) is 44.1 Å². The summed E-state index contributed by atoms with van der Waals surface area (Å²) in [5, 5.41) is 16.0. The number of urea groups is 1. The Morgan fingerprint density at radius 3 is 2.78 bits per heavy atom. The van der Waals surface area contributed by atoms with Gasteiger partial charge in [0.2, 0.25) is 0 Å². The molecule has 32 heavy (non-hydrogen) atoms. The van der Waals surface area contributed by atoms with Crippen molar-refractivity contribution in [2.45, 2.75) is 45.8 Å². The number of carbonyl (C=O) groups excluding carboxylic acids is 1. The maximum atomic E-state index is 13.7. The first-order valence-electron chi connectivity index (χ1n) is 10.8. The molecule has 3 N–H and O–H groups in total. The number of allylic oxidation sites excluding steroid dienone is 1. The molecular weight excluding hydrogens is 413 g/mol. The fourth-order valence-electron chi connectivity index (χ4n) is 3.91.